The topological polar surface area (TPSA) is 71.7 Å². The van der Waals surface area contributed by atoms with Gasteiger partial charge in [-0.25, -0.2) is 0 Å². The lowest BCUT2D eigenvalue weighted by molar-refractivity contribution is -0.384. The highest BCUT2D eigenvalue weighted by atomic mass is 16.6. The fraction of sp³-hybridized carbons (Fsp3) is 0.353. The summed E-state index contributed by atoms with van der Waals surface area (Å²) in [5.74, 6) is 0.608. The van der Waals surface area contributed by atoms with Gasteiger partial charge in [-0.05, 0) is 32.6 Å². The van der Waals surface area contributed by atoms with E-state index < -0.39 is 4.92 Å². The first-order chi connectivity index (χ1) is 11.5. The average Bonchev–Trinajstić information content (AvgIpc) is 2.59. The highest BCUT2D eigenvalue weighted by Gasteiger charge is 2.29. The maximum atomic E-state index is 11.5. The lowest BCUT2D eigenvalue weighted by atomic mass is 10.2. The molecule has 0 radical (unpaired) electrons. The number of hydrogen-bond donors (Lipinski definition) is 0. The Morgan fingerprint density at radius 2 is 1.88 bits per heavy atom. The van der Waals surface area contributed by atoms with E-state index in [1.807, 2.05) is 61.2 Å². The van der Waals surface area contributed by atoms with Crippen LogP contribution in [0.5, 0.6) is 5.88 Å². The molecule has 2 rings (SSSR count). The SMILES string of the molecule is CCC(N(C)C)N(c1ccccc1)c1nc(OC)ccc1[N+](=O)[O-]. The number of pyridine rings is 1. The van der Waals surface area contributed by atoms with Crippen LogP contribution in [-0.2, 0) is 0 Å². The van der Waals surface area contributed by atoms with Crippen molar-refractivity contribution < 1.29 is 9.66 Å². The molecule has 1 aromatic heterocycles. The molecule has 0 spiro atoms. The van der Waals surface area contributed by atoms with Crippen LogP contribution in [0, 0.1) is 10.1 Å². The molecule has 0 aliphatic heterocycles. The minimum atomic E-state index is -0.417. The van der Waals surface area contributed by atoms with Crippen LogP contribution in [0.3, 0.4) is 0 Å². The molecule has 0 aliphatic rings. The summed E-state index contributed by atoms with van der Waals surface area (Å²) in [5.41, 5.74) is 0.779. The number of ether oxygens (including phenoxy) is 1. The van der Waals surface area contributed by atoms with Crippen molar-refractivity contribution >= 4 is 17.2 Å². The van der Waals surface area contributed by atoms with Gasteiger partial charge in [-0.2, -0.15) is 4.98 Å². The summed E-state index contributed by atoms with van der Waals surface area (Å²) in [6.45, 7) is 2.03. The molecule has 0 saturated heterocycles. The Balaban J connectivity index is 2.69. The van der Waals surface area contributed by atoms with Gasteiger partial charge in [0.2, 0.25) is 11.7 Å². The smallest absolute Gasteiger partial charge is 0.312 e. The second-order valence-corrected chi connectivity index (χ2v) is 5.51. The molecule has 24 heavy (non-hydrogen) atoms. The highest BCUT2D eigenvalue weighted by Crippen LogP contribution is 2.36. The van der Waals surface area contributed by atoms with Crippen LogP contribution in [-0.4, -0.2) is 42.2 Å². The van der Waals surface area contributed by atoms with E-state index in [9.17, 15) is 10.1 Å². The van der Waals surface area contributed by atoms with Crippen molar-refractivity contribution in [1.82, 2.24) is 9.88 Å². The van der Waals surface area contributed by atoms with Gasteiger partial charge < -0.3 is 9.64 Å². The Labute approximate surface area is 141 Å². The molecule has 7 nitrogen and oxygen atoms in total. The largest absolute Gasteiger partial charge is 0.481 e. The molecule has 0 aliphatic carbocycles. The summed E-state index contributed by atoms with van der Waals surface area (Å²) in [7, 11) is 5.38. The summed E-state index contributed by atoms with van der Waals surface area (Å²) >= 11 is 0. The molecule has 7 heteroatoms. The lowest BCUT2D eigenvalue weighted by Gasteiger charge is -2.36. The Morgan fingerprint density at radius 1 is 1.21 bits per heavy atom. The fourth-order valence-electron chi connectivity index (χ4n) is 2.66. The van der Waals surface area contributed by atoms with Crippen LogP contribution in [0.15, 0.2) is 42.5 Å². The predicted molar refractivity (Wildman–Crippen MR) is 93.8 cm³/mol. The average molecular weight is 330 g/mol. The van der Waals surface area contributed by atoms with Crippen molar-refractivity contribution in [3.8, 4) is 5.88 Å². The number of benzene rings is 1. The van der Waals surface area contributed by atoms with E-state index in [2.05, 4.69) is 4.98 Å². The molecule has 0 saturated carbocycles. The van der Waals surface area contributed by atoms with Crippen molar-refractivity contribution in [3.63, 3.8) is 0 Å². The number of rotatable bonds is 7. The molecule has 128 valence electrons. The molecule has 2 aromatic rings. The zero-order valence-electron chi connectivity index (χ0n) is 14.3. The van der Waals surface area contributed by atoms with Crippen molar-refractivity contribution in [2.45, 2.75) is 19.5 Å². The lowest BCUT2D eigenvalue weighted by Crippen LogP contribution is -2.42. The van der Waals surface area contributed by atoms with Gasteiger partial charge in [0.15, 0.2) is 0 Å². The van der Waals surface area contributed by atoms with Gasteiger partial charge in [-0.15, -0.1) is 0 Å². The third-order valence-electron chi connectivity index (χ3n) is 3.76. The van der Waals surface area contributed by atoms with Crippen molar-refractivity contribution in [1.29, 1.82) is 0 Å². The number of aromatic nitrogens is 1. The maximum Gasteiger partial charge on any atom is 0.312 e. The van der Waals surface area contributed by atoms with Crippen molar-refractivity contribution in [3.05, 3.63) is 52.6 Å². The third-order valence-corrected chi connectivity index (χ3v) is 3.76. The number of anilines is 2. The summed E-state index contributed by atoms with van der Waals surface area (Å²) in [6.07, 6.45) is 0.670. The van der Waals surface area contributed by atoms with E-state index in [4.69, 9.17) is 4.74 Å². The highest BCUT2D eigenvalue weighted by molar-refractivity contribution is 5.69. The van der Waals surface area contributed by atoms with Gasteiger partial charge in [0.1, 0.15) is 0 Å². The quantitative estimate of drug-likeness (QED) is 0.440. The first-order valence-corrected chi connectivity index (χ1v) is 7.69. The summed E-state index contributed by atoms with van der Waals surface area (Å²) in [6, 6.07) is 12.5. The van der Waals surface area contributed by atoms with E-state index in [0.717, 1.165) is 12.1 Å². The van der Waals surface area contributed by atoms with Gasteiger partial charge in [-0.1, -0.05) is 25.1 Å². The zero-order chi connectivity index (χ0) is 17.7. The second-order valence-electron chi connectivity index (χ2n) is 5.51. The molecule has 0 fully saturated rings. The Morgan fingerprint density at radius 3 is 2.38 bits per heavy atom. The van der Waals surface area contributed by atoms with E-state index in [1.54, 1.807) is 0 Å². The van der Waals surface area contributed by atoms with Crippen LogP contribution in [0.2, 0.25) is 0 Å². The second kappa shape index (κ2) is 7.74. The molecule has 0 amide bonds. The molecule has 0 bridgehead atoms. The molecule has 1 aromatic carbocycles. The predicted octanol–water partition coefficient (Wildman–Crippen LogP) is 3.43. The number of nitrogens with zero attached hydrogens (tertiary/aromatic N) is 4. The molecule has 1 unspecified atom stereocenters. The summed E-state index contributed by atoms with van der Waals surface area (Å²) < 4.78 is 5.18. The van der Waals surface area contributed by atoms with Crippen LogP contribution < -0.4 is 9.64 Å². The van der Waals surface area contributed by atoms with Crippen LogP contribution in [0.25, 0.3) is 0 Å². The fourth-order valence-corrected chi connectivity index (χ4v) is 2.66. The third kappa shape index (κ3) is 3.62. The van der Waals surface area contributed by atoms with E-state index in [0.29, 0.717) is 5.88 Å². The zero-order valence-corrected chi connectivity index (χ0v) is 14.3. The van der Waals surface area contributed by atoms with Crippen LogP contribution in [0.4, 0.5) is 17.2 Å². The number of para-hydroxylation sites is 1. The van der Waals surface area contributed by atoms with Crippen molar-refractivity contribution in [2.24, 2.45) is 0 Å². The minimum absolute atomic E-state index is 0.0556. The van der Waals surface area contributed by atoms with Crippen molar-refractivity contribution in [2.75, 3.05) is 26.1 Å². The minimum Gasteiger partial charge on any atom is -0.481 e. The number of methoxy groups -OCH3 is 1. The van der Waals surface area contributed by atoms with Gasteiger partial charge in [0, 0.05) is 17.8 Å². The molecular formula is C17H22N4O3. The van der Waals surface area contributed by atoms with Gasteiger partial charge in [-0.3, -0.25) is 15.0 Å². The van der Waals surface area contributed by atoms with E-state index >= 15 is 0 Å². The number of hydrogen-bond acceptors (Lipinski definition) is 6. The molecule has 1 heterocycles. The van der Waals surface area contributed by atoms with Gasteiger partial charge >= 0.3 is 5.69 Å². The van der Waals surface area contributed by atoms with Crippen LogP contribution in [0.1, 0.15) is 13.3 Å². The van der Waals surface area contributed by atoms with Crippen LogP contribution >= 0.6 is 0 Å². The number of nitro groups is 1. The Kier molecular flexibility index (Phi) is 5.70. The van der Waals surface area contributed by atoms with Gasteiger partial charge in [0.25, 0.3) is 0 Å². The Hall–Kier alpha value is -2.67. The molecule has 0 N–H and O–H groups in total. The first-order valence-electron chi connectivity index (χ1n) is 7.69. The first kappa shape index (κ1) is 17.7. The van der Waals surface area contributed by atoms with E-state index in [1.165, 1.54) is 19.2 Å². The maximum absolute atomic E-state index is 11.5. The van der Waals surface area contributed by atoms with E-state index in [-0.39, 0.29) is 17.7 Å². The van der Waals surface area contributed by atoms with Gasteiger partial charge in [0.05, 0.1) is 18.2 Å². The standard InChI is InChI=1S/C17H22N4O3/c1-5-16(19(2)3)20(13-9-7-6-8-10-13)17-14(21(22)23)11-12-15(18-17)24-4/h6-12,16H,5H2,1-4H3. The summed E-state index contributed by atoms with van der Waals surface area (Å²) in [4.78, 5) is 19.4. The Bertz CT molecular complexity index is 691. The monoisotopic (exact) mass is 330 g/mol. The molecule has 1 atom stereocenters. The summed E-state index contributed by atoms with van der Waals surface area (Å²) in [5, 5.41) is 11.5. The molecular weight excluding hydrogens is 308 g/mol. The normalized spacial score (nSPS) is 12.0.